The zero-order valence-electron chi connectivity index (χ0n) is 14.9. The standard InChI is InChI=1S/C18H12BrF3N4O2S2/c19-11-7-5-10(6-8-11)15(28)24-16-25-26-17(30-16)29-9-14(27)23-13-4-2-1-3-12(13)18(20,21)22/h1-8H,9H2,(H,23,27)(H,24,25,28). The topological polar surface area (TPSA) is 84.0 Å². The smallest absolute Gasteiger partial charge is 0.325 e. The largest absolute Gasteiger partial charge is 0.418 e. The number of nitrogens with one attached hydrogen (secondary N) is 2. The van der Waals surface area contributed by atoms with Crippen molar-refractivity contribution in [3.05, 3.63) is 64.1 Å². The summed E-state index contributed by atoms with van der Waals surface area (Å²) in [5, 5.41) is 12.8. The molecule has 0 radical (unpaired) electrons. The minimum absolute atomic E-state index is 0.165. The normalized spacial score (nSPS) is 11.2. The molecule has 3 rings (SSSR count). The molecular formula is C18H12BrF3N4O2S2. The third-order valence-corrected chi connectivity index (χ3v) is 6.07. The number of hydrogen-bond acceptors (Lipinski definition) is 6. The van der Waals surface area contributed by atoms with Crippen molar-refractivity contribution in [1.82, 2.24) is 10.2 Å². The quantitative estimate of drug-likeness (QED) is 0.343. The minimum atomic E-state index is -4.57. The number of rotatable bonds is 6. The molecule has 156 valence electrons. The Balaban J connectivity index is 1.55. The van der Waals surface area contributed by atoms with Crippen LogP contribution in [0.5, 0.6) is 0 Å². The van der Waals surface area contributed by atoms with Gasteiger partial charge in [0.25, 0.3) is 5.91 Å². The predicted octanol–water partition coefficient (Wildman–Crippen LogP) is 5.30. The number of hydrogen-bond donors (Lipinski definition) is 2. The highest BCUT2D eigenvalue weighted by Gasteiger charge is 2.33. The Hall–Kier alpha value is -2.44. The molecule has 0 atom stereocenters. The molecule has 2 amide bonds. The van der Waals surface area contributed by atoms with Crippen LogP contribution in [0.2, 0.25) is 0 Å². The van der Waals surface area contributed by atoms with Gasteiger partial charge in [-0.25, -0.2) is 0 Å². The van der Waals surface area contributed by atoms with Gasteiger partial charge < -0.3 is 5.32 Å². The first-order valence-corrected chi connectivity index (χ1v) is 10.8. The van der Waals surface area contributed by atoms with Gasteiger partial charge in [0.2, 0.25) is 11.0 Å². The summed E-state index contributed by atoms with van der Waals surface area (Å²) in [5.74, 6) is -1.15. The summed E-state index contributed by atoms with van der Waals surface area (Å²) in [6, 6.07) is 11.5. The van der Waals surface area contributed by atoms with Crippen LogP contribution < -0.4 is 10.6 Å². The Morgan fingerprint density at radius 3 is 2.43 bits per heavy atom. The van der Waals surface area contributed by atoms with Gasteiger partial charge in [-0.1, -0.05) is 51.2 Å². The second kappa shape index (κ2) is 9.58. The van der Waals surface area contributed by atoms with E-state index >= 15 is 0 Å². The summed E-state index contributed by atoms with van der Waals surface area (Å²) in [6.45, 7) is 0. The third kappa shape index (κ3) is 6.03. The Bertz CT molecular complexity index is 1060. The van der Waals surface area contributed by atoms with Gasteiger partial charge in [0.05, 0.1) is 17.0 Å². The van der Waals surface area contributed by atoms with Crippen molar-refractivity contribution in [3.8, 4) is 0 Å². The average molecular weight is 517 g/mol. The molecule has 2 N–H and O–H groups in total. The van der Waals surface area contributed by atoms with Gasteiger partial charge in [-0.2, -0.15) is 13.2 Å². The molecule has 30 heavy (non-hydrogen) atoms. The first-order valence-electron chi connectivity index (χ1n) is 8.21. The lowest BCUT2D eigenvalue weighted by Crippen LogP contribution is -2.18. The number of benzene rings is 2. The van der Waals surface area contributed by atoms with E-state index in [0.717, 1.165) is 33.6 Å². The number of amides is 2. The molecule has 2 aromatic carbocycles. The number of nitrogens with zero attached hydrogens (tertiary/aromatic N) is 2. The van der Waals surface area contributed by atoms with E-state index in [0.29, 0.717) is 9.90 Å². The number of carbonyl (C=O) groups is 2. The van der Waals surface area contributed by atoms with Crippen molar-refractivity contribution in [1.29, 1.82) is 0 Å². The van der Waals surface area contributed by atoms with Crippen molar-refractivity contribution < 1.29 is 22.8 Å². The molecule has 0 aliphatic rings. The maximum Gasteiger partial charge on any atom is 0.418 e. The number of carbonyl (C=O) groups excluding carboxylic acids is 2. The molecule has 12 heteroatoms. The fraction of sp³-hybridized carbons (Fsp3) is 0.111. The zero-order valence-corrected chi connectivity index (χ0v) is 18.1. The summed E-state index contributed by atoms with van der Waals surface area (Å²) < 4.78 is 40.2. The van der Waals surface area contributed by atoms with Crippen molar-refractivity contribution in [2.45, 2.75) is 10.5 Å². The van der Waals surface area contributed by atoms with E-state index in [1.807, 2.05) is 0 Å². The van der Waals surface area contributed by atoms with Crippen LogP contribution in [0.15, 0.2) is 57.3 Å². The van der Waals surface area contributed by atoms with Gasteiger partial charge in [0, 0.05) is 10.0 Å². The number of halogens is 4. The Labute approximate surface area is 185 Å². The van der Waals surface area contributed by atoms with Crippen molar-refractivity contribution in [2.75, 3.05) is 16.4 Å². The Kier molecular flexibility index (Phi) is 7.10. The molecule has 1 heterocycles. The van der Waals surface area contributed by atoms with Crippen LogP contribution in [0.1, 0.15) is 15.9 Å². The number of aromatic nitrogens is 2. The highest BCUT2D eigenvalue weighted by atomic mass is 79.9. The van der Waals surface area contributed by atoms with E-state index in [9.17, 15) is 22.8 Å². The summed E-state index contributed by atoms with van der Waals surface area (Å²) in [6.07, 6.45) is -4.57. The fourth-order valence-corrected chi connectivity index (χ4v) is 4.05. The molecular weight excluding hydrogens is 505 g/mol. The van der Waals surface area contributed by atoms with Gasteiger partial charge in [0.15, 0.2) is 4.34 Å². The van der Waals surface area contributed by atoms with Crippen molar-refractivity contribution in [2.24, 2.45) is 0 Å². The van der Waals surface area contributed by atoms with Gasteiger partial charge in [-0.15, -0.1) is 10.2 Å². The SMILES string of the molecule is O=C(CSc1nnc(NC(=O)c2ccc(Br)cc2)s1)Nc1ccccc1C(F)(F)F. The summed E-state index contributed by atoms with van der Waals surface area (Å²) >= 11 is 5.34. The van der Waals surface area contributed by atoms with E-state index < -0.39 is 17.6 Å². The fourth-order valence-electron chi connectivity index (χ4n) is 2.24. The van der Waals surface area contributed by atoms with Gasteiger partial charge in [-0.05, 0) is 36.4 Å². The van der Waals surface area contributed by atoms with E-state index in [1.165, 1.54) is 18.2 Å². The molecule has 0 saturated heterocycles. The monoisotopic (exact) mass is 516 g/mol. The van der Waals surface area contributed by atoms with Gasteiger partial charge in [-0.3, -0.25) is 14.9 Å². The van der Waals surface area contributed by atoms with E-state index in [4.69, 9.17) is 0 Å². The van der Waals surface area contributed by atoms with Crippen LogP contribution in [0.4, 0.5) is 24.0 Å². The van der Waals surface area contributed by atoms with E-state index in [2.05, 4.69) is 36.8 Å². The maximum absolute atomic E-state index is 13.0. The molecule has 0 aliphatic carbocycles. The molecule has 6 nitrogen and oxygen atoms in total. The van der Waals surface area contributed by atoms with Crippen LogP contribution in [-0.2, 0) is 11.0 Å². The molecule has 3 aromatic rings. The van der Waals surface area contributed by atoms with E-state index in [-0.39, 0.29) is 22.5 Å². The molecule has 0 fully saturated rings. The number of alkyl halides is 3. The third-order valence-electron chi connectivity index (χ3n) is 3.57. The Morgan fingerprint density at radius 2 is 1.73 bits per heavy atom. The number of thioether (sulfide) groups is 1. The first kappa shape index (κ1) is 22.2. The lowest BCUT2D eigenvalue weighted by Gasteiger charge is -2.13. The van der Waals surface area contributed by atoms with Gasteiger partial charge in [0.1, 0.15) is 0 Å². The molecule has 0 saturated carbocycles. The molecule has 0 spiro atoms. The average Bonchev–Trinajstić information content (AvgIpc) is 3.14. The summed E-state index contributed by atoms with van der Waals surface area (Å²) in [4.78, 5) is 24.2. The highest BCUT2D eigenvalue weighted by molar-refractivity contribution is 9.10. The van der Waals surface area contributed by atoms with Crippen LogP contribution in [0.3, 0.4) is 0 Å². The van der Waals surface area contributed by atoms with Crippen LogP contribution in [0.25, 0.3) is 0 Å². The summed E-state index contributed by atoms with van der Waals surface area (Å²) in [7, 11) is 0. The lowest BCUT2D eigenvalue weighted by atomic mass is 10.1. The van der Waals surface area contributed by atoms with Crippen LogP contribution >= 0.6 is 39.0 Å². The zero-order chi connectivity index (χ0) is 21.7. The van der Waals surface area contributed by atoms with Crippen LogP contribution in [-0.4, -0.2) is 27.8 Å². The molecule has 0 bridgehead atoms. The van der Waals surface area contributed by atoms with E-state index in [1.54, 1.807) is 24.3 Å². The van der Waals surface area contributed by atoms with Gasteiger partial charge >= 0.3 is 6.18 Å². The van der Waals surface area contributed by atoms with Crippen molar-refractivity contribution in [3.63, 3.8) is 0 Å². The first-order chi connectivity index (χ1) is 14.2. The minimum Gasteiger partial charge on any atom is -0.325 e. The van der Waals surface area contributed by atoms with Crippen LogP contribution in [0, 0.1) is 0 Å². The molecule has 1 aromatic heterocycles. The highest BCUT2D eigenvalue weighted by Crippen LogP contribution is 2.34. The second-order valence-corrected chi connectivity index (χ2v) is 8.83. The molecule has 0 aliphatic heterocycles. The maximum atomic E-state index is 13.0. The van der Waals surface area contributed by atoms with Crippen molar-refractivity contribution >= 4 is 61.7 Å². The summed E-state index contributed by atoms with van der Waals surface area (Å²) in [5.41, 5.74) is -0.794. The lowest BCUT2D eigenvalue weighted by molar-refractivity contribution is -0.137. The Morgan fingerprint density at radius 1 is 1.03 bits per heavy atom. The number of para-hydroxylation sites is 1. The second-order valence-electron chi connectivity index (χ2n) is 5.71. The molecule has 0 unspecified atom stereocenters. The predicted molar refractivity (Wildman–Crippen MR) is 113 cm³/mol. The number of anilines is 2.